The lowest BCUT2D eigenvalue weighted by molar-refractivity contribution is 0.784. The van der Waals surface area contributed by atoms with E-state index in [-0.39, 0.29) is 0 Å². The average Bonchev–Trinajstić information content (AvgIpc) is 2.79. The molecule has 0 bridgehead atoms. The van der Waals surface area contributed by atoms with Crippen LogP contribution in [0.4, 0.5) is 0 Å². The zero-order chi connectivity index (χ0) is 11.1. The summed E-state index contributed by atoms with van der Waals surface area (Å²) in [7, 11) is 0. The summed E-state index contributed by atoms with van der Waals surface area (Å²) in [6.07, 6.45) is 9.90. The van der Waals surface area contributed by atoms with Crippen LogP contribution in [0.5, 0.6) is 0 Å². The largest absolute Gasteiger partial charge is 0.0776 e. The Morgan fingerprint density at radius 3 is 1.23 bits per heavy atom. The van der Waals surface area contributed by atoms with Gasteiger partial charge in [0.15, 0.2) is 0 Å². The highest BCUT2D eigenvalue weighted by Gasteiger charge is 1.96. The highest BCUT2D eigenvalue weighted by atomic mass is 14.0. The van der Waals surface area contributed by atoms with Gasteiger partial charge in [0.25, 0.3) is 0 Å². The van der Waals surface area contributed by atoms with Crippen molar-refractivity contribution >= 4 is 0 Å². The summed E-state index contributed by atoms with van der Waals surface area (Å²) in [6, 6.07) is 0. The third-order valence-corrected chi connectivity index (χ3v) is 1.30. The first-order chi connectivity index (χ1) is 6.43. The number of hydrogen-bond acceptors (Lipinski definition) is 0. The second-order valence-corrected chi connectivity index (χ2v) is 1.84. The SMILES string of the molecule is CC.CC.CC.CCC1C=CC=C1. The van der Waals surface area contributed by atoms with Crippen LogP contribution in [-0.2, 0) is 0 Å². The van der Waals surface area contributed by atoms with E-state index in [0.717, 1.165) is 5.92 Å². The van der Waals surface area contributed by atoms with Crippen molar-refractivity contribution in [1.29, 1.82) is 0 Å². The van der Waals surface area contributed by atoms with E-state index in [0.29, 0.717) is 0 Å². The van der Waals surface area contributed by atoms with E-state index in [9.17, 15) is 0 Å². The maximum atomic E-state index is 2.22. The van der Waals surface area contributed by atoms with Gasteiger partial charge in [0.1, 0.15) is 0 Å². The predicted molar refractivity (Wildman–Crippen MR) is 66.1 cm³/mol. The van der Waals surface area contributed by atoms with Crippen molar-refractivity contribution in [2.24, 2.45) is 5.92 Å². The van der Waals surface area contributed by atoms with Crippen LogP contribution in [0, 0.1) is 5.92 Å². The molecule has 0 amide bonds. The van der Waals surface area contributed by atoms with E-state index >= 15 is 0 Å². The molecular weight excluding hydrogens is 156 g/mol. The monoisotopic (exact) mass is 184 g/mol. The lowest BCUT2D eigenvalue weighted by Gasteiger charge is -1.93. The molecule has 0 aliphatic heterocycles. The molecule has 0 saturated heterocycles. The Morgan fingerprint density at radius 1 is 0.769 bits per heavy atom. The summed E-state index contributed by atoms with van der Waals surface area (Å²) < 4.78 is 0. The first-order valence-electron chi connectivity index (χ1n) is 5.78. The van der Waals surface area contributed by atoms with E-state index in [1.54, 1.807) is 0 Å². The molecule has 0 aromatic rings. The lowest BCUT2D eigenvalue weighted by Crippen LogP contribution is -1.81. The van der Waals surface area contributed by atoms with E-state index in [1.165, 1.54) is 6.42 Å². The summed E-state index contributed by atoms with van der Waals surface area (Å²) in [4.78, 5) is 0. The molecule has 0 radical (unpaired) electrons. The first-order valence-corrected chi connectivity index (χ1v) is 5.78. The van der Waals surface area contributed by atoms with Crippen LogP contribution in [-0.4, -0.2) is 0 Å². The zero-order valence-corrected chi connectivity index (χ0v) is 10.6. The minimum absolute atomic E-state index is 0.736. The third-order valence-electron chi connectivity index (χ3n) is 1.30. The third kappa shape index (κ3) is 14.3. The minimum Gasteiger partial charge on any atom is -0.0776 e. The molecule has 80 valence electrons. The first kappa shape index (κ1) is 18.3. The normalized spacial score (nSPS) is 11.6. The molecule has 0 heterocycles. The van der Waals surface area contributed by atoms with Crippen molar-refractivity contribution in [2.75, 3.05) is 0 Å². The van der Waals surface area contributed by atoms with Crippen LogP contribution in [0.3, 0.4) is 0 Å². The Bertz CT molecular complexity index is 86.6. The Morgan fingerprint density at radius 2 is 1.08 bits per heavy atom. The van der Waals surface area contributed by atoms with Gasteiger partial charge in [0.2, 0.25) is 0 Å². The van der Waals surface area contributed by atoms with Crippen molar-refractivity contribution < 1.29 is 0 Å². The molecule has 0 atom stereocenters. The summed E-state index contributed by atoms with van der Waals surface area (Å²) in [5, 5.41) is 0. The highest BCUT2D eigenvalue weighted by Crippen LogP contribution is 2.10. The van der Waals surface area contributed by atoms with Gasteiger partial charge in [0, 0.05) is 0 Å². The van der Waals surface area contributed by atoms with Crippen molar-refractivity contribution in [3.8, 4) is 0 Å². The van der Waals surface area contributed by atoms with Gasteiger partial charge in [-0.3, -0.25) is 0 Å². The average molecular weight is 184 g/mol. The Kier molecular flexibility index (Phi) is 31.7. The van der Waals surface area contributed by atoms with Crippen molar-refractivity contribution in [1.82, 2.24) is 0 Å². The van der Waals surface area contributed by atoms with Gasteiger partial charge in [-0.2, -0.15) is 0 Å². The lowest BCUT2D eigenvalue weighted by atomic mass is 10.1. The van der Waals surface area contributed by atoms with E-state index < -0.39 is 0 Å². The molecule has 0 spiro atoms. The highest BCUT2D eigenvalue weighted by molar-refractivity contribution is 5.16. The number of rotatable bonds is 1. The molecule has 1 aliphatic rings. The fourth-order valence-electron chi connectivity index (χ4n) is 0.750. The quantitative estimate of drug-likeness (QED) is 0.524. The number of allylic oxidation sites excluding steroid dienone is 4. The summed E-state index contributed by atoms with van der Waals surface area (Å²) in [6.45, 7) is 14.2. The molecule has 0 N–H and O–H groups in total. The Balaban J connectivity index is -0.000000144. The van der Waals surface area contributed by atoms with Gasteiger partial charge < -0.3 is 0 Å². The van der Waals surface area contributed by atoms with Gasteiger partial charge in [-0.15, -0.1) is 0 Å². The van der Waals surface area contributed by atoms with Gasteiger partial charge in [-0.05, 0) is 12.3 Å². The van der Waals surface area contributed by atoms with Gasteiger partial charge in [-0.25, -0.2) is 0 Å². The molecule has 1 rings (SSSR count). The standard InChI is InChI=1S/C7H10.3C2H6/c1-2-7-5-3-4-6-7;3*1-2/h3-7H,2H2,1H3;3*1-2H3. The van der Waals surface area contributed by atoms with Gasteiger partial charge in [-0.1, -0.05) is 72.8 Å². The molecule has 0 heteroatoms. The molecule has 0 unspecified atom stereocenters. The maximum absolute atomic E-state index is 2.22. The molecule has 0 aromatic heterocycles. The van der Waals surface area contributed by atoms with Gasteiger partial charge >= 0.3 is 0 Å². The zero-order valence-electron chi connectivity index (χ0n) is 10.6. The van der Waals surface area contributed by atoms with E-state index in [2.05, 4.69) is 31.2 Å². The molecule has 0 saturated carbocycles. The second kappa shape index (κ2) is 22.5. The molecule has 1 aliphatic carbocycles. The number of hydrogen-bond donors (Lipinski definition) is 0. The minimum atomic E-state index is 0.736. The van der Waals surface area contributed by atoms with Crippen LogP contribution in [0.15, 0.2) is 24.3 Å². The van der Waals surface area contributed by atoms with Crippen molar-refractivity contribution in [3.05, 3.63) is 24.3 Å². The molecule has 13 heavy (non-hydrogen) atoms. The summed E-state index contributed by atoms with van der Waals surface area (Å²) in [5.74, 6) is 0.736. The smallest absolute Gasteiger partial charge is 0.00499 e. The van der Waals surface area contributed by atoms with Crippen LogP contribution in [0.2, 0.25) is 0 Å². The fraction of sp³-hybridized carbons (Fsp3) is 0.692. The predicted octanol–water partition coefficient (Wildman–Crippen LogP) is 5.22. The van der Waals surface area contributed by atoms with Crippen molar-refractivity contribution in [3.63, 3.8) is 0 Å². The van der Waals surface area contributed by atoms with E-state index in [4.69, 9.17) is 0 Å². The maximum Gasteiger partial charge on any atom is -0.00499 e. The van der Waals surface area contributed by atoms with Crippen LogP contribution >= 0.6 is 0 Å². The fourth-order valence-corrected chi connectivity index (χ4v) is 0.750. The van der Waals surface area contributed by atoms with Gasteiger partial charge in [0.05, 0.1) is 0 Å². The Labute approximate surface area is 85.8 Å². The topological polar surface area (TPSA) is 0 Å². The van der Waals surface area contributed by atoms with Crippen LogP contribution < -0.4 is 0 Å². The molecular formula is C13H28. The summed E-state index contributed by atoms with van der Waals surface area (Å²) in [5.41, 5.74) is 0. The Hall–Kier alpha value is -0.520. The molecule has 0 fully saturated rings. The van der Waals surface area contributed by atoms with E-state index in [1.807, 2.05) is 41.5 Å². The molecule has 0 nitrogen and oxygen atoms in total. The van der Waals surface area contributed by atoms with Crippen LogP contribution in [0.25, 0.3) is 0 Å². The second-order valence-electron chi connectivity index (χ2n) is 1.84. The summed E-state index contributed by atoms with van der Waals surface area (Å²) >= 11 is 0. The van der Waals surface area contributed by atoms with Crippen molar-refractivity contribution in [2.45, 2.75) is 54.9 Å². The molecule has 0 aromatic carbocycles. The van der Waals surface area contributed by atoms with Crippen LogP contribution in [0.1, 0.15) is 54.9 Å².